The van der Waals surface area contributed by atoms with Gasteiger partial charge in [0.05, 0.1) is 19.1 Å². The third-order valence-corrected chi connectivity index (χ3v) is 5.13. The van der Waals surface area contributed by atoms with Crippen LogP contribution in [0.4, 0.5) is 0 Å². The quantitative estimate of drug-likeness (QED) is 0.845. The van der Waals surface area contributed by atoms with E-state index in [0.717, 1.165) is 25.3 Å². The predicted octanol–water partition coefficient (Wildman–Crippen LogP) is 2.17. The maximum absolute atomic E-state index is 12.2. The molecule has 1 aromatic carbocycles. The topological polar surface area (TPSA) is 29.5 Å². The van der Waals surface area contributed by atoms with Gasteiger partial charge in [0, 0.05) is 24.1 Å². The van der Waals surface area contributed by atoms with Crippen LogP contribution in [0, 0.1) is 5.92 Å². The Morgan fingerprint density at radius 2 is 2.00 bits per heavy atom. The van der Waals surface area contributed by atoms with Crippen LogP contribution in [0.5, 0.6) is 0 Å². The number of rotatable bonds is 4. The van der Waals surface area contributed by atoms with Crippen LogP contribution in [0.3, 0.4) is 0 Å². The Balaban J connectivity index is 1.44. The molecule has 1 aliphatic carbocycles. The molecule has 4 heteroatoms. The molecule has 0 N–H and O–H groups in total. The van der Waals surface area contributed by atoms with Gasteiger partial charge in [0.1, 0.15) is 0 Å². The van der Waals surface area contributed by atoms with Crippen LogP contribution in [0.15, 0.2) is 30.3 Å². The summed E-state index contributed by atoms with van der Waals surface area (Å²) in [5, 5.41) is 0.524. The molecule has 0 spiro atoms. The van der Waals surface area contributed by atoms with E-state index in [2.05, 4.69) is 24.3 Å². The fourth-order valence-corrected chi connectivity index (χ4v) is 3.70. The summed E-state index contributed by atoms with van der Waals surface area (Å²) < 4.78 is 5.28. The molecule has 3 nitrogen and oxygen atoms in total. The molecule has 3 rings (SSSR count). The highest BCUT2D eigenvalue weighted by molar-refractivity contribution is 7.99. The average molecular weight is 277 g/mol. The van der Waals surface area contributed by atoms with Crippen molar-refractivity contribution in [2.24, 2.45) is 5.92 Å². The van der Waals surface area contributed by atoms with Gasteiger partial charge in [-0.3, -0.25) is 4.79 Å². The Kier molecular flexibility index (Phi) is 4.09. The third-order valence-electron chi connectivity index (χ3n) is 3.68. The SMILES string of the molecule is O=C([C@H]1C[C@H]1SCc1ccccc1)N1CCOCC1. The number of hydrogen-bond donors (Lipinski definition) is 0. The first-order valence-corrected chi connectivity index (χ1v) is 7.91. The van der Waals surface area contributed by atoms with Gasteiger partial charge in [0.25, 0.3) is 0 Å². The van der Waals surface area contributed by atoms with Crippen LogP contribution in [0.25, 0.3) is 0 Å². The van der Waals surface area contributed by atoms with Crippen molar-refractivity contribution in [2.75, 3.05) is 26.3 Å². The summed E-state index contributed by atoms with van der Waals surface area (Å²) in [6.45, 7) is 2.93. The fourth-order valence-electron chi connectivity index (χ4n) is 2.41. The molecule has 1 aromatic rings. The van der Waals surface area contributed by atoms with E-state index in [1.54, 1.807) is 0 Å². The van der Waals surface area contributed by atoms with Crippen LogP contribution in [0.2, 0.25) is 0 Å². The summed E-state index contributed by atoms with van der Waals surface area (Å²) in [4.78, 5) is 14.2. The Labute approximate surface area is 118 Å². The first-order chi connectivity index (χ1) is 9.34. The van der Waals surface area contributed by atoms with Crippen molar-refractivity contribution >= 4 is 17.7 Å². The van der Waals surface area contributed by atoms with Gasteiger partial charge in [-0.25, -0.2) is 0 Å². The number of morpholine rings is 1. The van der Waals surface area contributed by atoms with E-state index in [1.165, 1.54) is 5.56 Å². The molecule has 0 radical (unpaired) electrons. The van der Waals surface area contributed by atoms with Crippen LogP contribution >= 0.6 is 11.8 Å². The summed E-state index contributed by atoms with van der Waals surface area (Å²) in [6, 6.07) is 10.5. The van der Waals surface area contributed by atoms with E-state index in [1.807, 2.05) is 22.7 Å². The Hall–Kier alpha value is -1.00. The molecular weight excluding hydrogens is 258 g/mol. The van der Waals surface area contributed by atoms with Crippen molar-refractivity contribution < 1.29 is 9.53 Å². The fraction of sp³-hybridized carbons (Fsp3) is 0.533. The van der Waals surface area contributed by atoms with Crippen molar-refractivity contribution in [1.82, 2.24) is 4.90 Å². The van der Waals surface area contributed by atoms with Crippen LogP contribution < -0.4 is 0 Å². The molecule has 102 valence electrons. The number of amides is 1. The van der Waals surface area contributed by atoms with Gasteiger partial charge < -0.3 is 9.64 Å². The van der Waals surface area contributed by atoms with E-state index in [-0.39, 0.29) is 5.92 Å². The molecule has 1 saturated carbocycles. The lowest BCUT2D eigenvalue weighted by Crippen LogP contribution is -2.41. The Bertz CT molecular complexity index is 431. The monoisotopic (exact) mass is 277 g/mol. The zero-order chi connectivity index (χ0) is 13.1. The Morgan fingerprint density at radius 1 is 1.26 bits per heavy atom. The second-order valence-corrected chi connectivity index (χ2v) is 6.34. The summed E-state index contributed by atoms with van der Waals surface area (Å²) in [7, 11) is 0. The summed E-state index contributed by atoms with van der Waals surface area (Å²) >= 11 is 1.92. The van der Waals surface area contributed by atoms with Crippen molar-refractivity contribution in [3.63, 3.8) is 0 Å². The van der Waals surface area contributed by atoms with Gasteiger partial charge in [0.2, 0.25) is 5.91 Å². The maximum Gasteiger partial charge on any atom is 0.227 e. The van der Waals surface area contributed by atoms with E-state index in [4.69, 9.17) is 4.74 Å². The first kappa shape index (κ1) is 13.0. The number of hydrogen-bond acceptors (Lipinski definition) is 3. The molecular formula is C15H19NO2S. The van der Waals surface area contributed by atoms with Crippen LogP contribution in [-0.4, -0.2) is 42.4 Å². The van der Waals surface area contributed by atoms with E-state index in [9.17, 15) is 4.79 Å². The van der Waals surface area contributed by atoms with E-state index < -0.39 is 0 Å². The molecule has 19 heavy (non-hydrogen) atoms. The minimum absolute atomic E-state index is 0.256. The second kappa shape index (κ2) is 5.97. The van der Waals surface area contributed by atoms with Gasteiger partial charge in [-0.1, -0.05) is 30.3 Å². The summed E-state index contributed by atoms with van der Waals surface area (Å²) in [5.74, 6) is 1.61. The maximum atomic E-state index is 12.2. The highest BCUT2D eigenvalue weighted by atomic mass is 32.2. The zero-order valence-electron chi connectivity index (χ0n) is 11.0. The normalized spacial score (nSPS) is 26.2. The number of nitrogens with zero attached hydrogens (tertiary/aromatic N) is 1. The first-order valence-electron chi connectivity index (χ1n) is 6.86. The summed E-state index contributed by atoms with van der Waals surface area (Å²) in [6.07, 6.45) is 1.05. The minimum Gasteiger partial charge on any atom is -0.378 e. The highest BCUT2D eigenvalue weighted by Crippen LogP contribution is 2.44. The molecule has 1 heterocycles. The van der Waals surface area contributed by atoms with Crippen molar-refractivity contribution in [1.29, 1.82) is 0 Å². The number of thioether (sulfide) groups is 1. The molecule has 0 aromatic heterocycles. The largest absolute Gasteiger partial charge is 0.378 e. The van der Waals surface area contributed by atoms with Crippen molar-refractivity contribution in [2.45, 2.75) is 17.4 Å². The average Bonchev–Trinajstić information content (AvgIpc) is 3.26. The smallest absolute Gasteiger partial charge is 0.227 e. The standard InChI is InChI=1S/C15H19NO2S/c17-15(16-6-8-18-9-7-16)13-10-14(13)19-11-12-4-2-1-3-5-12/h1-5,13-14H,6-11H2/t13-,14+/m0/s1. The van der Waals surface area contributed by atoms with Crippen molar-refractivity contribution in [3.8, 4) is 0 Å². The molecule has 1 aliphatic heterocycles. The van der Waals surface area contributed by atoms with Gasteiger partial charge in [0.15, 0.2) is 0 Å². The summed E-state index contributed by atoms with van der Waals surface area (Å²) in [5.41, 5.74) is 1.34. The number of benzene rings is 1. The molecule has 0 unspecified atom stereocenters. The van der Waals surface area contributed by atoms with Gasteiger partial charge in [-0.15, -0.1) is 0 Å². The number of carbonyl (C=O) groups excluding carboxylic acids is 1. The molecule has 1 amide bonds. The predicted molar refractivity (Wildman–Crippen MR) is 77.0 cm³/mol. The van der Waals surface area contributed by atoms with E-state index in [0.29, 0.717) is 24.4 Å². The van der Waals surface area contributed by atoms with Gasteiger partial charge >= 0.3 is 0 Å². The lowest BCUT2D eigenvalue weighted by atomic mass is 10.2. The molecule has 2 fully saturated rings. The highest BCUT2D eigenvalue weighted by Gasteiger charge is 2.45. The van der Waals surface area contributed by atoms with E-state index >= 15 is 0 Å². The second-order valence-electron chi connectivity index (χ2n) is 5.11. The van der Waals surface area contributed by atoms with Gasteiger partial charge in [-0.05, 0) is 12.0 Å². The van der Waals surface area contributed by atoms with Crippen LogP contribution in [0.1, 0.15) is 12.0 Å². The third kappa shape index (κ3) is 3.31. The number of ether oxygens (including phenoxy) is 1. The van der Waals surface area contributed by atoms with Crippen molar-refractivity contribution in [3.05, 3.63) is 35.9 Å². The lowest BCUT2D eigenvalue weighted by molar-refractivity contribution is -0.136. The number of carbonyl (C=O) groups is 1. The minimum atomic E-state index is 0.256. The zero-order valence-corrected chi connectivity index (χ0v) is 11.8. The molecule has 2 aliphatic rings. The van der Waals surface area contributed by atoms with Crippen LogP contribution in [-0.2, 0) is 15.3 Å². The lowest BCUT2D eigenvalue weighted by Gasteiger charge is -2.27. The molecule has 2 atom stereocenters. The Morgan fingerprint density at radius 3 is 2.74 bits per heavy atom. The molecule has 0 bridgehead atoms. The molecule has 1 saturated heterocycles. The van der Waals surface area contributed by atoms with Gasteiger partial charge in [-0.2, -0.15) is 11.8 Å².